The molecule has 90 valence electrons. The molecule has 0 radical (unpaired) electrons. The first kappa shape index (κ1) is 13.3. The van der Waals surface area contributed by atoms with Gasteiger partial charge in [0.05, 0.1) is 6.26 Å². The van der Waals surface area contributed by atoms with Gasteiger partial charge in [-0.2, -0.15) is 0 Å². The van der Waals surface area contributed by atoms with E-state index in [0.29, 0.717) is 17.7 Å². The Kier molecular flexibility index (Phi) is 5.60. The van der Waals surface area contributed by atoms with E-state index in [0.717, 1.165) is 12.2 Å². The fourth-order valence-electron chi connectivity index (χ4n) is 1.58. The van der Waals surface area contributed by atoms with Crippen molar-refractivity contribution in [2.45, 2.75) is 44.0 Å². The first-order valence-electron chi connectivity index (χ1n) is 5.53. The maximum Gasteiger partial charge on any atom is 0.220 e. The first-order valence-corrected chi connectivity index (χ1v) is 6.45. The SMILES string of the molecule is CC(Br)CC(C)NC(=O)CCc1ccco1. The van der Waals surface area contributed by atoms with E-state index >= 15 is 0 Å². The van der Waals surface area contributed by atoms with Crippen LogP contribution in [0.1, 0.15) is 32.4 Å². The van der Waals surface area contributed by atoms with Crippen LogP contribution < -0.4 is 5.32 Å². The van der Waals surface area contributed by atoms with Crippen LogP contribution in [0.15, 0.2) is 22.8 Å². The van der Waals surface area contributed by atoms with E-state index in [1.807, 2.05) is 19.1 Å². The Morgan fingerprint density at radius 3 is 2.88 bits per heavy atom. The topological polar surface area (TPSA) is 42.2 Å². The molecule has 1 amide bonds. The highest BCUT2D eigenvalue weighted by Gasteiger charge is 2.10. The van der Waals surface area contributed by atoms with Crippen LogP contribution in [0, 0.1) is 0 Å². The van der Waals surface area contributed by atoms with E-state index in [1.165, 1.54) is 0 Å². The van der Waals surface area contributed by atoms with Crippen molar-refractivity contribution in [3.8, 4) is 0 Å². The third-order valence-electron chi connectivity index (χ3n) is 2.26. The molecule has 0 saturated carbocycles. The van der Waals surface area contributed by atoms with Crippen LogP contribution in [-0.4, -0.2) is 16.8 Å². The molecular formula is C12H18BrNO2. The lowest BCUT2D eigenvalue weighted by Crippen LogP contribution is -2.33. The summed E-state index contributed by atoms with van der Waals surface area (Å²) in [5.74, 6) is 0.939. The van der Waals surface area contributed by atoms with E-state index in [9.17, 15) is 4.79 Å². The lowest BCUT2D eigenvalue weighted by molar-refractivity contribution is -0.121. The van der Waals surface area contributed by atoms with Gasteiger partial charge in [-0.25, -0.2) is 0 Å². The molecule has 0 aliphatic rings. The lowest BCUT2D eigenvalue weighted by atomic mass is 10.2. The molecule has 0 aliphatic carbocycles. The minimum atomic E-state index is 0.0806. The number of nitrogens with one attached hydrogen (secondary N) is 1. The average Bonchev–Trinajstić information content (AvgIpc) is 2.65. The maximum atomic E-state index is 11.6. The average molecular weight is 288 g/mol. The van der Waals surface area contributed by atoms with Gasteiger partial charge in [0, 0.05) is 23.7 Å². The molecule has 0 saturated heterocycles. The summed E-state index contributed by atoms with van der Waals surface area (Å²) in [7, 11) is 0. The van der Waals surface area contributed by atoms with Gasteiger partial charge in [0.15, 0.2) is 0 Å². The monoisotopic (exact) mass is 287 g/mol. The molecule has 0 spiro atoms. The first-order chi connectivity index (χ1) is 7.58. The van der Waals surface area contributed by atoms with Crippen LogP contribution in [0.3, 0.4) is 0 Å². The van der Waals surface area contributed by atoms with Gasteiger partial charge in [0.1, 0.15) is 5.76 Å². The summed E-state index contributed by atoms with van der Waals surface area (Å²) >= 11 is 3.47. The van der Waals surface area contributed by atoms with Crippen molar-refractivity contribution in [2.24, 2.45) is 0 Å². The number of carbonyl (C=O) groups excluding carboxylic acids is 1. The summed E-state index contributed by atoms with van der Waals surface area (Å²) in [6, 6.07) is 3.93. The molecule has 1 aromatic rings. The molecule has 1 N–H and O–H groups in total. The number of halogens is 1. The van der Waals surface area contributed by atoms with Crippen LogP contribution >= 0.6 is 15.9 Å². The molecule has 3 nitrogen and oxygen atoms in total. The fourth-order valence-corrected chi connectivity index (χ4v) is 2.15. The van der Waals surface area contributed by atoms with Gasteiger partial charge in [-0.3, -0.25) is 4.79 Å². The lowest BCUT2D eigenvalue weighted by Gasteiger charge is -2.14. The van der Waals surface area contributed by atoms with Crippen molar-refractivity contribution in [3.05, 3.63) is 24.2 Å². The van der Waals surface area contributed by atoms with E-state index < -0.39 is 0 Å². The van der Waals surface area contributed by atoms with E-state index in [1.54, 1.807) is 6.26 Å². The molecule has 1 heterocycles. The van der Waals surface area contributed by atoms with Gasteiger partial charge in [0.2, 0.25) is 5.91 Å². The van der Waals surface area contributed by atoms with Crippen LogP contribution in [-0.2, 0) is 11.2 Å². The largest absolute Gasteiger partial charge is 0.469 e. The molecular weight excluding hydrogens is 270 g/mol. The highest BCUT2D eigenvalue weighted by Crippen LogP contribution is 2.07. The van der Waals surface area contributed by atoms with Crippen molar-refractivity contribution in [1.82, 2.24) is 5.32 Å². The Morgan fingerprint density at radius 1 is 1.56 bits per heavy atom. The summed E-state index contributed by atoms with van der Waals surface area (Å²) in [6.45, 7) is 4.09. The molecule has 0 aromatic carbocycles. The van der Waals surface area contributed by atoms with E-state index in [-0.39, 0.29) is 11.9 Å². The van der Waals surface area contributed by atoms with Crippen LogP contribution in [0.4, 0.5) is 0 Å². The number of amides is 1. The normalized spacial score (nSPS) is 14.4. The molecule has 1 aromatic heterocycles. The standard InChI is InChI=1S/C12H18BrNO2/c1-9(13)8-10(2)14-12(15)6-5-11-4-3-7-16-11/h3-4,7,9-10H,5-6,8H2,1-2H3,(H,14,15). The zero-order chi connectivity index (χ0) is 12.0. The van der Waals surface area contributed by atoms with Gasteiger partial charge in [-0.15, -0.1) is 0 Å². The number of alkyl halides is 1. The fraction of sp³-hybridized carbons (Fsp3) is 0.583. The van der Waals surface area contributed by atoms with Gasteiger partial charge in [-0.1, -0.05) is 22.9 Å². The summed E-state index contributed by atoms with van der Waals surface area (Å²) in [6.07, 6.45) is 3.71. The number of furan rings is 1. The number of carbonyl (C=O) groups is 1. The minimum absolute atomic E-state index is 0.0806. The van der Waals surface area contributed by atoms with Gasteiger partial charge < -0.3 is 9.73 Å². The van der Waals surface area contributed by atoms with Gasteiger partial charge in [-0.05, 0) is 25.5 Å². The van der Waals surface area contributed by atoms with Gasteiger partial charge >= 0.3 is 0 Å². The van der Waals surface area contributed by atoms with Crippen LogP contribution in [0.2, 0.25) is 0 Å². The van der Waals surface area contributed by atoms with E-state index in [2.05, 4.69) is 28.2 Å². The van der Waals surface area contributed by atoms with Crippen molar-refractivity contribution < 1.29 is 9.21 Å². The second kappa shape index (κ2) is 6.74. The minimum Gasteiger partial charge on any atom is -0.469 e. The Bertz CT molecular complexity index is 309. The molecule has 0 bridgehead atoms. The zero-order valence-corrected chi connectivity index (χ0v) is 11.3. The number of aryl methyl sites for hydroxylation is 1. The summed E-state index contributed by atoms with van der Waals surface area (Å²) < 4.78 is 5.17. The Balaban J connectivity index is 2.20. The Labute approximate surface area is 105 Å². The van der Waals surface area contributed by atoms with E-state index in [4.69, 9.17) is 4.42 Å². The van der Waals surface area contributed by atoms with Crippen molar-refractivity contribution in [3.63, 3.8) is 0 Å². The molecule has 2 unspecified atom stereocenters. The Morgan fingerprint density at radius 2 is 2.31 bits per heavy atom. The summed E-state index contributed by atoms with van der Waals surface area (Å²) in [5, 5.41) is 2.96. The molecule has 0 aliphatic heterocycles. The second-order valence-corrected chi connectivity index (χ2v) is 5.63. The molecule has 2 atom stereocenters. The number of hydrogen-bond donors (Lipinski definition) is 1. The zero-order valence-electron chi connectivity index (χ0n) is 9.70. The predicted molar refractivity (Wildman–Crippen MR) is 67.6 cm³/mol. The second-order valence-electron chi connectivity index (χ2n) is 4.06. The molecule has 1 rings (SSSR count). The summed E-state index contributed by atoms with van der Waals surface area (Å²) in [5.41, 5.74) is 0. The number of hydrogen-bond acceptors (Lipinski definition) is 2. The third kappa shape index (κ3) is 5.35. The van der Waals surface area contributed by atoms with Crippen LogP contribution in [0.25, 0.3) is 0 Å². The third-order valence-corrected chi connectivity index (χ3v) is 2.64. The predicted octanol–water partition coefficient (Wildman–Crippen LogP) is 2.89. The molecule has 16 heavy (non-hydrogen) atoms. The quantitative estimate of drug-likeness (QED) is 0.818. The molecule has 0 fully saturated rings. The molecule has 4 heteroatoms. The number of rotatable bonds is 6. The highest BCUT2D eigenvalue weighted by molar-refractivity contribution is 9.09. The van der Waals surface area contributed by atoms with Crippen molar-refractivity contribution in [1.29, 1.82) is 0 Å². The highest BCUT2D eigenvalue weighted by atomic mass is 79.9. The van der Waals surface area contributed by atoms with Gasteiger partial charge in [0.25, 0.3) is 0 Å². The summed E-state index contributed by atoms with van der Waals surface area (Å²) in [4.78, 5) is 12.0. The maximum absolute atomic E-state index is 11.6. The Hall–Kier alpha value is -0.770. The smallest absolute Gasteiger partial charge is 0.220 e. The van der Waals surface area contributed by atoms with Crippen LogP contribution in [0.5, 0.6) is 0 Å². The van der Waals surface area contributed by atoms with Crippen molar-refractivity contribution in [2.75, 3.05) is 0 Å². The van der Waals surface area contributed by atoms with Crippen molar-refractivity contribution >= 4 is 21.8 Å².